The molecule has 106 valence electrons. The summed E-state index contributed by atoms with van der Waals surface area (Å²) < 4.78 is 41.0. The molecule has 0 aliphatic carbocycles. The van der Waals surface area contributed by atoms with E-state index >= 15 is 0 Å². The number of aliphatic carboxylic acids is 1. The summed E-state index contributed by atoms with van der Waals surface area (Å²) >= 11 is 0.883. The van der Waals surface area contributed by atoms with Gasteiger partial charge in [-0.15, -0.1) is 10.2 Å². The maximum atomic E-state index is 13.7. The van der Waals surface area contributed by atoms with Gasteiger partial charge in [0.1, 0.15) is 0 Å². The van der Waals surface area contributed by atoms with Crippen molar-refractivity contribution in [3.63, 3.8) is 0 Å². The molecular weight excluding hydrogens is 295 g/mol. The molecule has 1 heterocycles. The van der Waals surface area contributed by atoms with Crippen molar-refractivity contribution in [2.45, 2.75) is 5.16 Å². The first kappa shape index (κ1) is 14.4. The van der Waals surface area contributed by atoms with Gasteiger partial charge in [0.05, 0.1) is 11.3 Å². The molecular formula is C11H8F3N3O2S. The molecule has 0 fully saturated rings. The predicted molar refractivity (Wildman–Crippen MR) is 64.7 cm³/mol. The lowest BCUT2D eigenvalue weighted by molar-refractivity contribution is -0.133. The Morgan fingerprint density at radius 2 is 2.00 bits per heavy atom. The minimum atomic E-state index is -1.59. The van der Waals surface area contributed by atoms with E-state index < -0.39 is 23.4 Å². The molecule has 0 unspecified atom stereocenters. The molecule has 0 aliphatic rings. The molecule has 0 saturated carbocycles. The van der Waals surface area contributed by atoms with Gasteiger partial charge in [-0.3, -0.25) is 4.79 Å². The number of benzene rings is 1. The summed E-state index contributed by atoms with van der Waals surface area (Å²) in [7, 11) is 1.47. The van der Waals surface area contributed by atoms with Gasteiger partial charge in [-0.05, 0) is 12.1 Å². The van der Waals surface area contributed by atoms with Crippen LogP contribution < -0.4 is 0 Å². The van der Waals surface area contributed by atoms with E-state index in [2.05, 4.69) is 10.2 Å². The molecule has 1 N–H and O–H groups in total. The molecule has 5 nitrogen and oxygen atoms in total. The fourth-order valence-corrected chi connectivity index (χ4v) is 2.13. The number of carboxylic acid groups (broad SMARTS) is 1. The average Bonchev–Trinajstić information content (AvgIpc) is 2.75. The van der Waals surface area contributed by atoms with Crippen LogP contribution in [0.3, 0.4) is 0 Å². The second-order valence-electron chi connectivity index (χ2n) is 3.77. The lowest BCUT2D eigenvalue weighted by Gasteiger charge is -2.05. The van der Waals surface area contributed by atoms with Crippen LogP contribution in [0.4, 0.5) is 13.2 Å². The van der Waals surface area contributed by atoms with E-state index in [1.54, 1.807) is 0 Å². The molecule has 0 radical (unpaired) electrons. The summed E-state index contributed by atoms with van der Waals surface area (Å²) in [5, 5.41) is 16.2. The molecule has 1 aromatic heterocycles. The van der Waals surface area contributed by atoms with Crippen molar-refractivity contribution in [1.29, 1.82) is 0 Å². The highest BCUT2D eigenvalue weighted by molar-refractivity contribution is 7.99. The number of aromatic nitrogens is 3. The van der Waals surface area contributed by atoms with Crippen molar-refractivity contribution in [3.8, 4) is 11.4 Å². The summed E-state index contributed by atoms with van der Waals surface area (Å²) in [5.41, 5.74) is -0.249. The fraction of sp³-hybridized carbons (Fsp3) is 0.182. The topological polar surface area (TPSA) is 68.0 Å². The second-order valence-corrected chi connectivity index (χ2v) is 4.71. The van der Waals surface area contributed by atoms with Gasteiger partial charge in [-0.2, -0.15) is 0 Å². The van der Waals surface area contributed by atoms with E-state index in [0.717, 1.165) is 23.9 Å². The molecule has 0 atom stereocenters. The Bertz CT molecular complexity index is 675. The Morgan fingerprint density at radius 1 is 1.30 bits per heavy atom. The number of thioether (sulfide) groups is 1. The number of rotatable bonds is 4. The molecule has 0 saturated heterocycles. The fourth-order valence-electron chi connectivity index (χ4n) is 1.50. The van der Waals surface area contributed by atoms with Crippen molar-refractivity contribution in [2.75, 3.05) is 5.75 Å². The summed E-state index contributed by atoms with van der Waals surface area (Å²) in [6, 6.07) is 1.83. The first-order chi connectivity index (χ1) is 9.41. The first-order valence-corrected chi connectivity index (χ1v) is 6.28. The minimum absolute atomic E-state index is 0.0192. The number of halogens is 3. The highest BCUT2D eigenvalue weighted by atomic mass is 32.2. The van der Waals surface area contributed by atoms with E-state index in [0.29, 0.717) is 0 Å². The molecule has 20 heavy (non-hydrogen) atoms. The third kappa shape index (κ3) is 2.62. The van der Waals surface area contributed by atoms with Crippen molar-refractivity contribution in [1.82, 2.24) is 14.8 Å². The van der Waals surface area contributed by atoms with E-state index in [-0.39, 0.29) is 22.3 Å². The summed E-state index contributed by atoms with van der Waals surface area (Å²) in [6.07, 6.45) is 0. The van der Waals surface area contributed by atoms with Crippen molar-refractivity contribution in [2.24, 2.45) is 7.05 Å². The number of hydrogen-bond donors (Lipinski definition) is 1. The molecule has 9 heteroatoms. The van der Waals surface area contributed by atoms with Crippen LogP contribution in [-0.4, -0.2) is 31.6 Å². The van der Waals surface area contributed by atoms with Gasteiger partial charge in [0.25, 0.3) is 0 Å². The van der Waals surface area contributed by atoms with Gasteiger partial charge in [-0.1, -0.05) is 11.8 Å². The molecule has 2 aromatic rings. The first-order valence-electron chi connectivity index (χ1n) is 5.29. The number of hydrogen-bond acceptors (Lipinski definition) is 4. The Morgan fingerprint density at radius 3 is 2.65 bits per heavy atom. The zero-order valence-electron chi connectivity index (χ0n) is 10.1. The van der Waals surface area contributed by atoms with E-state index in [9.17, 15) is 18.0 Å². The SMILES string of the molecule is Cn1c(SCC(=O)O)nnc1-c1ccc(F)c(F)c1F. The molecule has 2 rings (SSSR count). The zero-order valence-corrected chi connectivity index (χ0v) is 10.9. The second kappa shape index (κ2) is 5.53. The monoisotopic (exact) mass is 303 g/mol. The number of nitrogens with zero attached hydrogens (tertiary/aromatic N) is 3. The van der Waals surface area contributed by atoms with Crippen molar-refractivity contribution in [3.05, 3.63) is 29.6 Å². The summed E-state index contributed by atoms with van der Waals surface area (Å²) in [6.45, 7) is 0. The van der Waals surface area contributed by atoms with Crippen LogP contribution in [0.2, 0.25) is 0 Å². The van der Waals surface area contributed by atoms with Crippen LogP contribution in [0.25, 0.3) is 11.4 Å². The van der Waals surface area contributed by atoms with Crippen LogP contribution in [0.5, 0.6) is 0 Å². The van der Waals surface area contributed by atoms with Crippen LogP contribution in [0.1, 0.15) is 0 Å². The predicted octanol–water partition coefficient (Wildman–Crippen LogP) is 2.08. The highest BCUT2D eigenvalue weighted by Gasteiger charge is 2.20. The Labute approximate surface area is 115 Å². The van der Waals surface area contributed by atoms with Crippen LogP contribution in [-0.2, 0) is 11.8 Å². The minimum Gasteiger partial charge on any atom is -0.481 e. The molecule has 0 aliphatic heterocycles. The number of carboxylic acids is 1. The zero-order chi connectivity index (χ0) is 14.9. The van der Waals surface area contributed by atoms with Crippen LogP contribution in [0.15, 0.2) is 17.3 Å². The maximum Gasteiger partial charge on any atom is 0.313 e. The number of carbonyl (C=O) groups is 1. The normalized spacial score (nSPS) is 10.8. The van der Waals surface area contributed by atoms with Crippen LogP contribution >= 0.6 is 11.8 Å². The molecule has 0 bridgehead atoms. The smallest absolute Gasteiger partial charge is 0.313 e. The third-order valence-electron chi connectivity index (χ3n) is 2.44. The van der Waals surface area contributed by atoms with E-state index in [1.165, 1.54) is 11.6 Å². The summed E-state index contributed by atoms with van der Waals surface area (Å²) in [5.74, 6) is -5.56. The Balaban J connectivity index is 2.40. The van der Waals surface area contributed by atoms with Crippen molar-refractivity contribution < 1.29 is 23.1 Å². The quantitative estimate of drug-likeness (QED) is 0.692. The van der Waals surface area contributed by atoms with E-state index in [1.807, 2.05) is 0 Å². The largest absolute Gasteiger partial charge is 0.481 e. The third-order valence-corrected chi connectivity index (χ3v) is 3.44. The summed E-state index contributed by atoms with van der Waals surface area (Å²) in [4.78, 5) is 10.5. The van der Waals surface area contributed by atoms with Gasteiger partial charge in [-0.25, -0.2) is 13.2 Å². The maximum absolute atomic E-state index is 13.7. The Hall–Kier alpha value is -2.03. The Kier molecular flexibility index (Phi) is 3.98. The molecule has 0 spiro atoms. The van der Waals surface area contributed by atoms with Crippen LogP contribution in [0, 0.1) is 17.5 Å². The standard InChI is InChI=1S/C11H8F3N3O2S/c1-17-10(15-16-11(17)20-4-7(18)19)5-2-3-6(12)9(14)8(5)13/h2-3H,4H2,1H3,(H,18,19). The van der Waals surface area contributed by atoms with Gasteiger partial charge < -0.3 is 9.67 Å². The van der Waals surface area contributed by atoms with E-state index in [4.69, 9.17) is 5.11 Å². The average molecular weight is 303 g/mol. The van der Waals surface area contributed by atoms with Gasteiger partial charge in [0.15, 0.2) is 28.4 Å². The van der Waals surface area contributed by atoms with Gasteiger partial charge >= 0.3 is 5.97 Å². The lowest BCUT2D eigenvalue weighted by atomic mass is 10.2. The van der Waals surface area contributed by atoms with Gasteiger partial charge in [0, 0.05) is 7.05 Å². The lowest BCUT2D eigenvalue weighted by Crippen LogP contribution is -2.02. The van der Waals surface area contributed by atoms with Gasteiger partial charge in [0.2, 0.25) is 0 Å². The van der Waals surface area contributed by atoms with Crippen molar-refractivity contribution >= 4 is 17.7 Å². The molecule has 1 aromatic carbocycles. The highest BCUT2D eigenvalue weighted by Crippen LogP contribution is 2.26. The molecule has 0 amide bonds.